The van der Waals surface area contributed by atoms with E-state index in [0.717, 1.165) is 10.4 Å². The van der Waals surface area contributed by atoms with Gasteiger partial charge in [0.25, 0.3) is 0 Å². The Morgan fingerprint density at radius 3 is 2.79 bits per heavy atom. The van der Waals surface area contributed by atoms with Gasteiger partial charge in [0.15, 0.2) is 0 Å². The number of hydrogen-bond acceptors (Lipinski definition) is 4. The molecule has 0 aliphatic carbocycles. The minimum atomic E-state index is -0.156. The van der Waals surface area contributed by atoms with E-state index < -0.39 is 0 Å². The fraction of sp³-hybridized carbons (Fsp3) is 0.333. The maximum atomic E-state index is 12.5. The van der Waals surface area contributed by atoms with E-state index in [0.29, 0.717) is 13.1 Å². The Morgan fingerprint density at radius 1 is 1.33 bits per heavy atom. The van der Waals surface area contributed by atoms with Crippen LogP contribution < -0.4 is 10.6 Å². The van der Waals surface area contributed by atoms with Gasteiger partial charge in [-0.3, -0.25) is 14.5 Å². The van der Waals surface area contributed by atoms with Gasteiger partial charge in [-0.15, -0.1) is 11.3 Å². The molecule has 24 heavy (non-hydrogen) atoms. The lowest BCUT2D eigenvalue weighted by Crippen LogP contribution is -2.50. The van der Waals surface area contributed by atoms with Crippen LogP contribution in [-0.4, -0.2) is 42.9 Å². The van der Waals surface area contributed by atoms with Gasteiger partial charge < -0.3 is 10.6 Å². The number of hydrogen-bond donors (Lipinski definition) is 2. The molecule has 1 saturated heterocycles. The highest BCUT2D eigenvalue weighted by molar-refractivity contribution is 7.10. The summed E-state index contributed by atoms with van der Waals surface area (Å²) in [6, 6.07) is 12.1. The van der Waals surface area contributed by atoms with Gasteiger partial charge in [0, 0.05) is 18.0 Å². The van der Waals surface area contributed by atoms with E-state index in [1.807, 2.05) is 41.5 Å². The number of carbonyl (C=O) groups is 2. The van der Waals surface area contributed by atoms with Crippen molar-refractivity contribution in [1.82, 2.24) is 15.5 Å². The third-order valence-electron chi connectivity index (χ3n) is 4.03. The van der Waals surface area contributed by atoms with E-state index in [9.17, 15) is 9.59 Å². The first-order valence-electron chi connectivity index (χ1n) is 8.00. The van der Waals surface area contributed by atoms with E-state index >= 15 is 0 Å². The van der Waals surface area contributed by atoms with E-state index in [1.165, 1.54) is 5.56 Å². The molecule has 2 aromatic rings. The van der Waals surface area contributed by atoms with Crippen molar-refractivity contribution in [3.8, 4) is 0 Å². The van der Waals surface area contributed by atoms with Crippen LogP contribution in [0.4, 0.5) is 0 Å². The van der Waals surface area contributed by atoms with Crippen LogP contribution in [0.1, 0.15) is 22.0 Å². The number of amides is 2. The molecular formula is C18H21N3O2S. The van der Waals surface area contributed by atoms with E-state index in [2.05, 4.69) is 22.8 Å². The van der Waals surface area contributed by atoms with Crippen molar-refractivity contribution in [3.05, 3.63) is 57.8 Å². The average Bonchev–Trinajstić information content (AvgIpc) is 3.08. The second kappa shape index (κ2) is 7.59. The van der Waals surface area contributed by atoms with Crippen molar-refractivity contribution in [2.45, 2.75) is 13.0 Å². The second-order valence-corrected chi connectivity index (χ2v) is 6.97. The normalized spacial score (nSPS) is 16.5. The first-order chi connectivity index (χ1) is 11.6. The molecule has 1 aliphatic rings. The zero-order valence-corrected chi connectivity index (χ0v) is 14.4. The van der Waals surface area contributed by atoms with Gasteiger partial charge in [0.2, 0.25) is 11.8 Å². The van der Waals surface area contributed by atoms with Gasteiger partial charge in [-0.25, -0.2) is 0 Å². The van der Waals surface area contributed by atoms with Gasteiger partial charge in [-0.2, -0.15) is 0 Å². The molecule has 5 nitrogen and oxygen atoms in total. The Morgan fingerprint density at radius 2 is 2.12 bits per heavy atom. The van der Waals surface area contributed by atoms with Crippen molar-refractivity contribution >= 4 is 23.2 Å². The minimum absolute atomic E-state index is 0.0256. The van der Waals surface area contributed by atoms with Crippen molar-refractivity contribution < 1.29 is 9.59 Å². The van der Waals surface area contributed by atoms with Crippen molar-refractivity contribution in [2.75, 3.05) is 26.2 Å². The highest BCUT2D eigenvalue weighted by Gasteiger charge is 2.22. The summed E-state index contributed by atoms with van der Waals surface area (Å²) in [7, 11) is 0. The second-order valence-electron chi connectivity index (χ2n) is 5.99. The lowest BCUT2D eigenvalue weighted by Gasteiger charge is -2.27. The fourth-order valence-corrected chi connectivity index (χ4v) is 3.57. The molecule has 2 amide bonds. The Kier molecular flexibility index (Phi) is 5.27. The number of piperazine rings is 1. The molecular weight excluding hydrogens is 322 g/mol. The number of aryl methyl sites for hydroxylation is 1. The number of carbonyl (C=O) groups excluding carboxylic acids is 2. The fourth-order valence-electron chi connectivity index (χ4n) is 2.77. The maximum absolute atomic E-state index is 12.5. The molecule has 126 valence electrons. The molecule has 0 radical (unpaired) electrons. The summed E-state index contributed by atoms with van der Waals surface area (Å²) in [5.41, 5.74) is 2.25. The van der Waals surface area contributed by atoms with Crippen LogP contribution in [0, 0.1) is 6.92 Å². The first kappa shape index (κ1) is 16.7. The Labute approximate surface area is 145 Å². The highest BCUT2D eigenvalue weighted by atomic mass is 32.1. The average molecular weight is 343 g/mol. The molecule has 0 spiro atoms. The van der Waals surface area contributed by atoms with Crippen LogP contribution in [0.3, 0.4) is 0 Å². The smallest absolute Gasteiger partial charge is 0.234 e. The molecule has 1 aromatic heterocycles. The number of nitrogens with one attached hydrogen (secondary N) is 2. The SMILES string of the molecule is Cc1ccc([C@@H](NC(=O)CN2CCNC(=O)C2)c2cccs2)cc1. The molecule has 1 atom stereocenters. The molecule has 1 fully saturated rings. The Hall–Kier alpha value is -2.18. The van der Waals surface area contributed by atoms with E-state index in [-0.39, 0.29) is 30.9 Å². The number of rotatable bonds is 5. The van der Waals surface area contributed by atoms with Crippen LogP contribution in [0.2, 0.25) is 0 Å². The van der Waals surface area contributed by atoms with Gasteiger partial charge in [0.1, 0.15) is 0 Å². The molecule has 2 heterocycles. The molecule has 3 rings (SSSR count). The summed E-state index contributed by atoms with van der Waals surface area (Å²) < 4.78 is 0. The molecule has 6 heteroatoms. The Balaban J connectivity index is 1.71. The molecule has 0 unspecified atom stereocenters. The monoisotopic (exact) mass is 343 g/mol. The first-order valence-corrected chi connectivity index (χ1v) is 8.88. The van der Waals surface area contributed by atoms with Crippen LogP contribution in [0.25, 0.3) is 0 Å². The van der Waals surface area contributed by atoms with E-state index in [4.69, 9.17) is 0 Å². The van der Waals surface area contributed by atoms with Gasteiger partial charge in [-0.05, 0) is 23.9 Å². The maximum Gasteiger partial charge on any atom is 0.234 e. The molecule has 1 aromatic carbocycles. The summed E-state index contributed by atoms with van der Waals surface area (Å²) in [6.07, 6.45) is 0. The summed E-state index contributed by atoms with van der Waals surface area (Å²) >= 11 is 1.63. The Bertz CT molecular complexity index is 698. The topological polar surface area (TPSA) is 61.4 Å². The summed E-state index contributed by atoms with van der Waals surface area (Å²) in [6.45, 7) is 3.86. The standard InChI is InChI=1S/C18H21N3O2S/c1-13-4-6-14(7-5-13)18(15-3-2-10-24-15)20-17(23)12-21-9-8-19-16(22)11-21/h2-7,10,18H,8-9,11-12H2,1H3,(H,19,22)(H,20,23)/t18-/m1/s1. The molecule has 2 N–H and O–H groups in total. The molecule has 0 saturated carbocycles. The summed E-state index contributed by atoms with van der Waals surface area (Å²) in [5, 5.41) is 7.90. The van der Waals surface area contributed by atoms with Gasteiger partial charge >= 0.3 is 0 Å². The van der Waals surface area contributed by atoms with E-state index in [1.54, 1.807) is 11.3 Å². The summed E-state index contributed by atoms with van der Waals surface area (Å²) in [4.78, 5) is 26.9. The molecule has 0 bridgehead atoms. The summed E-state index contributed by atoms with van der Waals surface area (Å²) in [5.74, 6) is -0.0916. The van der Waals surface area contributed by atoms with Crippen molar-refractivity contribution in [1.29, 1.82) is 0 Å². The molecule has 1 aliphatic heterocycles. The number of thiophene rings is 1. The van der Waals surface area contributed by atoms with Crippen molar-refractivity contribution in [2.24, 2.45) is 0 Å². The van der Waals surface area contributed by atoms with Crippen LogP contribution in [0.15, 0.2) is 41.8 Å². The minimum Gasteiger partial charge on any atom is -0.354 e. The predicted molar refractivity (Wildman–Crippen MR) is 94.9 cm³/mol. The third kappa shape index (κ3) is 4.21. The lowest BCUT2D eigenvalue weighted by atomic mass is 10.0. The van der Waals surface area contributed by atoms with Gasteiger partial charge in [-0.1, -0.05) is 35.9 Å². The number of nitrogens with zero attached hydrogens (tertiary/aromatic N) is 1. The highest BCUT2D eigenvalue weighted by Crippen LogP contribution is 2.26. The van der Waals surface area contributed by atoms with Crippen LogP contribution >= 0.6 is 11.3 Å². The lowest BCUT2D eigenvalue weighted by molar-refractivity contribution is -0.127. The zero-order chi connectivity index (χ0) is 16.9. The quantitative estimate of drug-likeness (QED) is 0.869. The van der Waals surface area contributed by atoms with Crippen LogP contribution in [0.5, 0.6) is 0 Å². The largest absolute Gasteiger partial charge is 0.354 e. The number of benzene rings is 1. The predicted octanol–water partition coefficient (Wildman–Crippen LogP) is 1.69. The zero-order valence-electron chi connectivity index (χ0n) is 13.6. The van der Waals surface area contributed by atoms with Gasteiger partial charge in [0.05, 0.1) is 19.1 Å². The third-order valence-corrected chi connectivity index (χ3v) is 4.97. The van der Waals surface area contributed by atoms with Crippen molar-refractivity contribution in [3.63, 3.8) is 0 Å². The van der Waals surface area contributed by atoms with Crippen LogP contribution in [-0.2, 0) is 9.59 Å².